The zero-order valence-corrected chi connectivity index (χ0v) is 13.4. The minimum absolute atomic E-state index is 0.616. The lowest BCUT2D eigenvalue weighted by atomic mass is 10.1. The van der Waals surface area contributed by atoms with E-state index in [1.165, 1.54) is 0 Å². The monoisotopic (exact) mass is 353 g/mol. The number of ether oxygens (including phenoxy) is 1. The molecule has 0 saturated carbocycles. The van der Waals surface area contributed by atoms with Crippen molar-refractivity contribution in [3.8, 4) is 17.2 Å². The highest BCUT2D eigenvalue weighted by atomic mass is 79.9. The fourth-order valence-electron chi connectivity index (χ4n) is 2.53. The van der Waals surface area contributed by atoms with Crippen molar-refractivity contribution in [2.75, 3.05) is 7.11 Å². The number of fused-ring (bicyclic) bond motifs is 3. The van der Waals surface area contributed by atoms with Crippen molar-refractivity contribution in [2.24, 2.45) is 0 Å². The lowest BCUT2D eigenvalue weighted by molar-refractivity contribution is 0.415. The minimum Gasteiger partial charge on any atom is -0.497 e. The number of methoxy groups -OCH3 is 1. The Balaban J connectivity index is 1.92. The quantitative estimate of drug-likeness (QED) is 0.482. The molecule has 4 aromatic rings. The van der Waals surface area contributed by atoms with Gasteiger partial charge in [0.2, 0.25) is 5.89 Å². The molecule has 22 heavy (non-hydrogen) atoms. The Morgan fingerprint density at radius 2 is 1.77 bits per heavy atom. The molecule has 0 unspecified atom stereocenters. The zero-order valence-electron chi connectivity index (χ0n) is 11.8. The van der Waals surface area contributed by atoms with Gasteiger partial charge in [-0.1, -0.05) is 28.1 Å². The molecule has 0 bridgehead atoms. The molecule has 0 saturated heterocycles. The Hall–Kier alpha value is -2.33. The van der Waals surface area contributed by atoms with Crippen LogP contribution >= 0.6 is 15.9 Å². The van der Waals surface area contributed by atoms with Crippen molar-refractivity contribution in [1.29, 1.82) is 0 Å². The van der Waals surface area contributed by atoms with Crippen LogP contribution in [0.2, 0.25) is 0 Å². The molecule has 108 valence electrons. The van der Waals surface area contributed by atoms with E-state index in [0.717, 1.165) is 37.7 Å². The number of hydrogen-bond acceptors (Lipinski definition) is 3. The van der Waals surface area contributed by atoms with E-state index >= 15 is 0 Å². The first kappa shape index (κ1) is 13.3. The van der Waals surface area contributed by atoms with E-state index in [2.05, 4.69) is 39.1 Å². The molecule has 0 atom stereocenters. The first-order valence-corrected chi connectivity index (χ1v) is 7.67. The second-order valence-corrected chi connectivity index (χ2v) is 5.94. The maximum atomic E-state index is 6.02. The minimum atomic E-state index is 0.616. The maximum Gasteiger partial charge on any atom is 0.227 e. The Morgan fingerprint density at radius 1 is 1.00 bits per heavy atom. The molecule has 0 aliphatic carbocycles. The summed E-state index contributed by atoms with van der Waals surface area (Å²) in [6.45, 7) is 0. The molecule has 1 aromatic heterocycles. The van der Waals surface area contributed by atoms with Crippen LogP contribution in [0.4, 0.5) is 0 Å². The van der Waals surface area contributed by atoms with Gasteiger partial charge in [-0.15, -0.1) is 0 Å². The summed E-state index contributed by atoms with van der Waals surface area (Å²) >= 11 is 3.51. The van der Waals surface area contributed by atoms with Crippen LogP contribution in [0.15, 0.2) is 63.5 Å². The van der Waals surface area contributed by atoms with Crippen LogP contribution < -0.4 is 4.74 Å². The number of oxazole rings is 1. The summed E-state index contributed by atoms with van der Waals surface area (Å²) in [5, 5.41) is 2.19. The fraction of sp³-hybridized carbons (Fsp3) is 0.0556. The third-order valence-corrected chi connectivity index (χ3v) is 4.16. The van der Waals surface area contributed by atoms with Crippen LogP contribution in [0.3, 0.4) is 0 Å². The third-order valence-electron chi connectivity index (χ3n) is 3.67. The van der Waals surface area contributed by atoms with Crippen molar-refractivity contribution in [3.63, 3.8) is 0 Å². The molecule has 3 aromatic carbocycles. The summed E-state index contributed by atoms with van der Waals surface area (Å²) in [6.07, 6.45) is 0. The molecule has 0 aliphatic rings. The molecular weight excluding hydrogens is 342 g/mol. The van der Waals surface area contributed by atoms with Gasteiger partial charge in [-0.3, -0.25) is 0 Å². The molecule has 0 aliphatic heterocycles. The van der Waals surface area contributed by atoms with E-state index in [4.69, 9.17) is 9.15 Å². The number of aromatic nitrogens is 1. The van der Waals surface area contributed by atoms with E-state index in [1.807, 2.05) is 36.4 Å². The van der Waals surface area contributed by atoms with E-state index in [0.29, 0.717) is 5.89 Å². The summed E-state index contributed by atoms with van der Waals surface area (Å²) in [4.78, 5) is 4.60. The Labute approximate surface area is 135 Å². The second-order valence-electron chi connectivity index (χ2n) is 5.03. The summed E-state index contributed by atoms with van der Waals surface area (Å²) < 4.78 is 12.2. The fourth-order valence-corrected chi connectivity index (χ4v) is 2.90. The normalized spacial score (nSPS) is 11.2. The smallest absolute Gasteiger partial charge is 0.227 e. The van der Waals surface area contributed by atoms with Crippen molar-refractivity contribution >= 4 is 37.8 Å². The van der Waals surface area contributed by atoms with Crippen LogP contribution in [0.5, 0.6) is 5.75 Å². The summed E-state index contributed by atoms with van der Waals surface area (Å²) in [5.41, 5.74) is 2.60. The maximum absolute atomic E-state index is 6.02. The van der Waals surface area contributed by atoms with Gasteiger partial charge in [0, 0.05) is 15.4 Å². The van der Waals surface area contributed by atoms with E-state index < -0.39 is 0 Å². The average Bonchev–Trinajstić information content (AvgIpc) is 2.99. The second kappa shape index (κ2) is 5.14. The van der Waals surface area contributed by atoms with Gasteiger partial charge in [0.15, 0.2) is 5.58 Å². The molecule has 1 heterocycles. The topological polar surface area (TPSA) is 35.3 Å². The Kier molecular flexibility index (Phi) is 3.12. The Morgan fingerprint density at radius 3 is 2.55 bits per heavy atom. The first-order valence-electron chi connectivity index (χ1n) is 6.88. The molecule has 0 radical (unpaired) electrons. The third kappa shape index (κ3) is 2.16. The van der Waals surface area contributed by atoms with Crippen molar-refractivity contribution < 1.29 is 9.15 Å². The predicted molar refractivity (Wildman–Crippen MR) is 91.2 cm³/mol. The predicted octanol–water partition coefficient (Wildman–Crippen LogP) is 5.42. The van der Waals surface area contributed by atoms with Crippen molar-refractivity contribution in [1.82, 2.24) is 4.98 Å². The lowest BCUT2D eigenvalue weighted by Gasteiger charge is -1.99. The van der Waals surface area contributed by atoms with Gasteiger partial charge < -0.3 is 9.15 Å². The van der Waals surface area contributed by atoms with Gasteiger partial charge in [0.25, 0.3) is 0 Å². The molecule has 0 N–H and O–H groups in total. The highest BCUT2D eigenvalue weighted by Gasteiger charge is 2.11. The van der Waals surface area contributed by atoms with Gasteiger partial charge >= 0.3 is 0 Å². The van der Waals surface area contributed by atoms with Gasteiger partial charge in [-0.2, -0.15) is 0 Å². The number of hydrogen-bond donors (Lipinski definition) is 0. The van der Waals surface area contributed by atoms with E-state index in [1.54, 1.807) is 7.11 Å². The van der Waals surface area contributed by atoms with Crippen LogP contribution in [-0.2, 0) is 0 Å². The first-order chi connectivity index (χ1) is 10.7. The van der Waals surface area contributed by atoms with Gasteiger partial charge in [0.05, 0.1) is 7.11 Å². The largest absolute Gasteiger partial charge is 0.497 e. The molecule has 0 amide bonds. The summed E-state index contributed by atoms with van der Waals surface area (Å²) in [6, 6.07) is 17.9. The molecule has 3 nitrogen and oxygen atoms in total. The van der Waals surface area contributed by atoms with Crippen LogP contribution in [0, 0.1) is 0 Å². The highest BCUT2D eigenvalue weighted by Crippen LogP contribution is 2.32. The molecule has 0 spiro atoms. The standard InChI is InChI=1S/C18H12BrNO2/c1-21-14-7-3-12(4-8-14)18-20-16-9-5-11-2-6-13(19)10-15(11)17(16)22-18/h2-10H,1H3. The number of halogens is 1. The van der Waals surface area contributed by atoms with E-state index in [9.17, 15) is 0 Å². The molecule has 0 fully saturated rings. The SMILES string of the molecule is COc1ccc(-c2nc3ccc4ccc(Br)cc4c3o2)cc1. The molecule has 4 heteroatoms. The highest BCUT2D eigenvalue weighted by molar-refractivity contribution is 9.10. The number of nitrogens with zero attached hydrogens (tertiary/aromatic N) is 1. The Bertz CT molecular complexity index is 974. The summed E-state index contributed by atoms with van der Waals surface area (Å²) in [5.74, 6) is 1.43. The number of benzene rings is 3. The van der Waals surface area contributed by atoms with Crippen LogP contribution in [0.25, 0.3) is 33.3 Å². The van der Waals surface area contributed by atoms with Gasteiger partial charge in [0.1, 0.15) is 11.3 Å². The summed E-state index contributed by atoms with van der Waals surface area (Å²) in [7, 11) is 1.65. The lowest BCUT2D eigenvalue weighted by Crippen LogP contribution is -1.82. The van der Waals surface area contributed by atoms with E-state index in [-0.39, 0.29) is 0 Å². The number of rotatable bonds is 2. The molecule has 4 rings (SSSR count). The average molecular weight is 354 g/mol. The zero-order chi connectivity index (χ0) is 15.1. The van der Waals surface area contributed by atoms with Crippen molar-refractivity contribution in [3.05, 3.63) is 59.1 Å². The van der Waals surface area contributed by atoms with Crippen LogP contribution in [-0.4, -0.2) is 12.1 Å². The molecular formula is C18H12BrNO2. The van der Waals surface area contributed by atoms with Crippen molar-refractivity contribution in [2.45, 2.75) is 0 Å². The van der Waals surface area contributed by atoms with Gasteiger partial charge in [-0.05, 0) is 47.9 Å². The van der Waals surface area contributed by atoms with Gasteiger partial charge in [-0.25, -0.2) is 4.98 Å². The van der Waals surface area contributed by atoms with Crippen LogP contribution in [0.1, 0.15) is 0 Å².